The van der Waals surface area contributed by atoms with Crippen molar-refractivity contribution < 1.29 is 13.5 Å². The van der Waals surface area contributed by atoms with Crippen molar-refractivity contribution >= 4 is 15.7 Å². The summed E-state index contributed by atoms with van der Waals surface area (Å²) in [5, 5.41) is 10.7. The van der Waals surface area contributed by atoms with E-state index in [1.165, 1.54) is 4.31 Å². The lowest BCUT2D eigenvalue weighted by atomic mass is 10.2. The van der Waals surface area contributed by atoms with E-state index in [0.29, 0.717) is 12.2 Å². The molecule has 0 aromatic heterocycles. The van der Waals surface area contributed by atoms with Crippen LogP contribution in [0.25, 0.3) is 0 Å². The summed E-state index contributed by atoms with van der Waals surface area (Å²) in [6, 6.07) is 15.8. The van der Waals surface area contributed by atoms with E-state index in [1.807, 2.05) is 25.1 Å². The Bertz CT molecular complexity index is 819. The molecule has 0 fully saturated rings. The Labute approximate surface area is 169 Å². The average Bonchev–Trinajstić information content (AvgIpc) is 2.67. The van der Waals surface area contributed by atoms with Gasteiger partial charge in [-0.1, -0.05) is 44.2 Å². The van der Waals surface area contributed by atoms with Crippen LogP contribution in [0.2, 0.25) is 0 Å². The second-order valence-electron chi connectivity index (χ2n) is 7.14. The summed E-state index contributed by atoms with van der Waals surface area (Å²) in [6.07, 6.45) is 1.21. The Hall–Kier alpha value is -1.89. The van der Waals surface area contributed by atoms with Gasteiger partial charge < -0.3 is 10.0 Å². The Morgan fingerprint density at radius 1 is 0.929 bits per heavy atom. The van der Waals surface area contributed by atoms with Gasteiger partial charge in [0.2, 0.25) is 0 Å². The Kier molecular flexibility index (Phi) is 8.48. The molecule has 0 spiro atoms. The van der Waals surface area contributed by atoms with Crippen LogP contribution < -0.4 is 4.31 Å². The number of aliphatic hydroxyl groups excluding tert-OH is 1. The molecule has 5 nitrogen and oxygen atoms in total. The van der Waals surface area contributed by atoms with Crippen LogP contribution in [-0.4, -0.2) is 50.7 Å². The summed E-state index contributed by atoms with van der Waals surface area (Å²) in [7, 11) is -3.77. The van der Waals surface area contributed by atoms with Gasteiger partial charge in [0.1, 0.15) is 0 Å². The van der Waals surface area contributed by atoms with Crippen LogP contribution in [0, 0.1) is 6.92 Å². The average molecular weight is 405 g/mol. The molecule has 1 N–H and O–H groups in total. The van der Waals surface area contributed by atoms with E-state index < -0.39 is 16.1 Å². The second-order valence-corrected chi connectivity index (χ2v) is 9.00. The molecule has 1 atom stereocenters. The number of aryl methyl sites for hydroxylation is 1. The minimum atomic E-state index is -3.77. The summed E-state index contributed by atoms with van der Waals surface area (Å²) in [6.45, 7) is 8.39. The number of aliphatic hydroxyl groups is 1. The fraction of sp³-hybridized carbons (Fsp3) is 0.455. The maximum Gasteiger partial charge on any atom is 0.264 e. The highest BCUT2D eigenvalue weighted by Crippen LogP contribution is 2.25. The number of hydrogen-bond donors (Lipinski definition) is 1. The third kappa shape index (κ3) is 6.06. The van der Waals surface area contributed by atoms with Gasteiger partial charge in [-0.3, -0.25) is 4.31 Å². The zero-order valence-corrected chi connectivity index (χ0v) is 17.9. The van der Waals surface area contributed by atoms with Gasteiger partial charge in [-0.2, -0.15) is 0 Å². The predicted molar refractivity (Wildman–Crippen MR) is 115 cm³/mol. The number of nitrogens with zero attached hydrogens (tertiary/aromatic N) is 2. The van der Waals surface area contributed by atoms with E-state index >= 15 is 0 Å². The molecule has 2 aromatic carbocycles. The van der Waals surface area contributed by atoms with Crippen molar-refractivity contribution in [3.63, 3.8) is 0 Å². The number of benzene rings is 2. The molecule has 2 rings (SSSR count). The van der Waals surface area contributed by atoms with Crippen LogP contribution in [-0.2, 0) is 10.0 Å². The first-order chi connectivity index (χ1) is 13.4. The highest BCUT2D eigenvalue weighted by molar-refractivity contribution is 7.92. The summed E-state index contributed by atoms with van der Waals surface area (Å²) < 4.78 is 28.0. The van der Waals surface area contributed by atoms with Gasteiger partial charge in [0.25, 0.3) is 10.0 Å². The van der Waals surface area contributed by atoms with Gasteiger partial charge in [0, 0.05) is 6.54 Å². The molecule has 6 heteroatoms. The molecule has 154 valence electrons. The topological polar surface area (TPSA) is 60.9 Å². The van der Waals surface area contributed by atoms with Crippen LogP contribution in [0.15, 0.2) is 59.5 Å². The normalized spacial score (nSPS) is 12.9. The van der Waals surface area contributed by atoms with Gasteiger partial charge >= 0.3 is 0 Å². The molecule has 0 aliphatic carbocycles. The van der Waals surface area contributed by atoms with Crippen LogP contribution in [0.3, 0.4) is 0 Å². The maximum absolute atomic E-state index is 13.3. The minimum Gasteiger partial charge on any atom is -0.390 e. The molecule has 28 heavy (non-hydrogen) atoms. The molecule has 0 unspecified atom stereocenters. The van der Waals surface area contributed by atoms with Crippen molar-refractivity contribution in [1.82, 2.24) is 4.90 Å². The van der Waals surface area contributed by atoms with Crippen molar-refractivity contribution in [2.24, 2.45) is 0 Å². The molecule has 2 aromatic rings. The summed E-state index contributed by atoms with van der Waals surface area (Å²) in [5.74, 6) is 0. The molecule has 0 bridgehead atoms. The third-order valence-electron chi connectivity index (χ3n) is 4.55. The van der Waals surface area contributed by atoms with E-state index in [-0.39, 0.29) is 11.4 Å². The maximum atomic E-state index is 13.3. The molecule has 0 aliphatic rings. The van der Waals surface area contributed by atoms with Crippen LogP contribution in [0.4, 0.5) is 5.69 Å². The fourth-order valence-electron chi connectivity index (χ4n) is 3.32. The van der Waals surface area contributed by atoms with Crippen molar-refractivity contribution in [3.8, 4) is 0 Å². The number of rotatable bonds is 11. The monoisotopic (exact) mass is 404 g/mol. The van der Waals surface area contributed by atoms with Gasteiger partial charge in [-0.25, -0.2) is 8.42 Å². The van der Waals surface area contributed by atoms with Crippen molar-refractivity contribution in [2.75, 3.05) is 30.5 Å². The highest BCUT2D eigenvalue weighted by atomic mass is 32.2. The number of sulfonamides is 1. The van der Waals surface area contributed by atoms with Crippen LogP contribution in [0.1, 0.15) is 32.3 Å². The zero-order chi connectivity index (χ0) is 20.6. The Morgan fingerprint density at radius 3 is 2.14 bits per heavy atom. The third-order valence-corrected chi connectivity index (χ3v) is 6.35. The van der Waals surface area contributed by atoms with Gasteiger partial charge in [-0.15, -0.1) is 0 Å². The zero-order valence-electron chi connectivity index (χ0n) is 17.1. The quantitative estimate of drug-likeness (QED) is 0.621. The van der Waals surface area contributed by atoms with E-state index in [9.17, 15) is 13.5 Å². The number of anilines is 1. The molecule has 0 heterocycles. The second kappa shape index (κ2) is 10.6. The fourth-order valence-corrected chi connectivity index (χ4v) is 4.83. The van der Waals surface area contributed by atoms with Crippen LogP contribution in [0.5, 0.6) is 0 Å². The first kappa shape index (κ1) is 22.4. The van der Waals surface area contributed by atoms with Crippen molar-refractivity contribution in [3.05, 3.63) is 60.2 Å². The molecule has 0 aliphatic heterocycles. The molecular formula is C22H32N2O3S. The van der Waals surface area contributed by atoms with Crippen LogP contribution >= 0.6 is 0 Å². The lowest BCUT2D eigenvalue weighted by Crippen LogP contribution is -2.43. The highest BCUT2D eigenvalue weighted by Gasteiger charge is 2.27. The van der Waals surface area contributed by atoms with Crippen molar-refractivity contribution in [2.45, 2.75) is 44.6 Å². The first-order valence-corrected chi connectivity index (χ1v) is 11.4. The Morgan fingerprint density at radius 2 is 1.57 bits per heavy atom. The summed E-state index contributed by atoms with van der Waals surface area (Å²) in [4.78, 5) is 2.41. The van der Waals surface area contributed by atoms with Gasteiger partial charge in [0.15, 0.2) is 0 Å². The van der Waals surface area contributed by atoms with E-state index in [2.05, 4.69) is 18.7 Å². The van der Waals surface area contributed by atoms with E-state index in [4.69, 9.17) is 0 Å². The number of hydrogen-bond acceptors (Lipinski definition) is 4. The van der Waals surface area contributed by atoms with E-state index in [1.54, 1.807) is 36.4 Å². The largest absolute Gasteiger partial charge is 0.390 e. The van der Waals surface area contributed by atoms with Crippen molar-refractivity contribution in [1.29, 1.82) is 0 Å². The SMILES string of the molecule is CCCN(CCC)C[C@@H](O)CN(c1cccc(C)c1)S(=O)(=O)c1ccccc1. The van der Waals surface area contributed by atoms with Gasteiger partial charge in [-0.05, 0) is 62.7 Å². The molecule has 0 radical (unpaired) electrons. The first-order valence-electron chi connectivity index (χ1n) is 9.93. The lowest BCUT2D eigenvalue weighted by Gasteiger charge is -2.30. The summed E-state index contributed by atoms with van der Waals surface area (Å²) in [5.41, 5.74) is 1.54. The van der Waals surface area contributed by atoms with E-state index in [0.717, 1.165) is 31.5 Å². The molecule has 0 amide bonds. The van der Waals surface area contributed by atoms with Gasteiger partial charge in [0.05, 0.1) is 23.2 Å². The molecular weight excluding hydrogens is 372 g/mol. The molecule has 0 saturated heterocycles. The summed E-state index contributed by atoms with van der Waals surface area (Å²) >= 11 is 0. The standard InChI is InChI=1S/C22H32N2O3S/c1-4-14-23(15-5-2)17-21(25)18-24(20-11-9-10-19(3)16-20)28(26,27)22-12-7-6-8-13-22/h6-13,16,21,25H,4-5,14-15,17-18H2,1-3H3/t21-/m1/s1. The smallest absolute Gasteiger partial charge is 0.264 e. The lowest BCUT2D eigenvalue weighted by molar-refractivity contribution is 0.119. The predicted octanol–water partition coefficient (Wildman–Crippen LogP) is 3.67. The minimum absolute atomic E-state index is 0.0185. The molecule has 0 saturated carbocycles. The Balaban J connectivity index is 2.31.